The van der Waals surface area contributed by atoms with Crippen LogP contribution in [-0.2, 0) is 20.6 Å². The van der Waals surface area contributed by atoms with Gasteiger partial charge in [-0.1, -0.05) is 36.0 Å². The minimum Gasteiger partial charge on any atom is -0.497 e. The SMILES string of the molecule is CCOC(=S)SC(CC(Cc1ccc(OC)cc1)N1C(=O)c2ccccc2C1=O)C(OC)OC. The summed E-state index contributed by atoms with van der Waals surface area (Å²) >= 11 is 6.67. The van der Waals surface area contributed by atoms with Crippen LogP contribution in [0.1, 0.15) is 39.6 Å². The quantitative estimate of drug-likeness (QED) is 0.255. The fourth-order valence-electron chi connectivity index (χ4n) is 4.01. The second kappa shape index (κ2) is 12.3. The number of thiocarbonyl (C=S) groups is 1. The van der Waals surface area contributed by atoms with Gasteiger partial charge in [-0.25, -0.2) is 0 Å². The molecular weight excluding hydrogens is 474 g/mol. The summed E-state index contributed by atoms with van der Waals surface area (Å²) in [6.07, 6.45) is 0.229. The van der Waals surface area contributed by atoms with Crippen molar-refractivity contribution >= 4 is 40.2 Å². The molecule has 34 heavy (non-hydrogen) atoms. The van der Waals surface area contributed by atoms with E-state index in [2.05, 4.69) is 0 Å². The maximum Gasteiger partial charge on any atom is 0.261 e. The summed E-state index contributed by atoms with van der Waals surface area (Å²) in [6, 6.07) is 14.0. The molecule has 2 aromatic rings. The Morgan fingerprint density at radius 1 is 0.971 bits per heavy atom. The topological polar surface area (TPSA) is 74.3 Å². The third kappa shape index (κ3) is 5.96. The molecule has 7 nitrogen and oxygen atoms in total. The van der Waals surface area contributed by atoms with Crippen molar-refractivity contribution in [3.05, 3.63) is 65.2 Å². The molecule has 2 unspecified atom stereocenters. The number of thioether (sulfide) groups is 1. The average molecular weight is 504 g/mol. The van der Waals surface area contributed by atoms with Gasteiger partial charge in [-0.2, -0.15) is 0 Å². The van der Waals surface area contributed by atoms with Crippen molar-refractivity contribution in [2.45, 2.75) is 37.3 Å². The Bertz CT molecular complexity index is 974. The van der Waals surface area contributed by atoms with E-state index in [9.17, 15) is 9.59 Å². The molecule has 0 fully saturated rings. The molecule has 0 radical (unpaired) electrons. The van der Waals surface area contributed by atoms with Crippen LogP contribution in [0.5, 0.6) is 5.75 Å². The Morgan fingerprint density at radius 2 is 1.56 bits per heavy atom. The Hall–Kier alpha value is -2.46. The molecule has 0 aromatic heterocycles. The van der Waals surface area contributed by atoms with Crippen LogP contribution in [0, 0.1) is 0 Å². The second-order valence-corrected chi connectivity index (χ2v) is 9.49. The van der Waals surface area contributed by atoms with Gasteiger partial charge in [-0.15, -0.1) is 0 Å². The van der Waals surface area contributed by atoms with Crippen LogP contribution < -0.4 is 4.74 Å². The van der Waals surface area contributed by atoms with E-state index >= 15 is 0 Å². The summed E-state index contributed by atoms with van der Waals surface area (Å²) in [5, 5.41) is -0.318. The molecule has 3 rings (SSSR count). The molecule has 2 amide bonds. The number of carbonyl (C=O) groups is 2. The molecule has 0 aliphatic carbocycles. The molecule has 2 atom stereocenters. The number of hydrogen-bond donors (Lipinski definition) is 0. The van der Waals surface area contributed by atoms with Gasteiger partial charge < -0.3 is 18.9 Å². The first-order chi connectivity index (χ1) is 16.4. The van der Waals surface area contributed by atoms with Crippen LogP contribution in [0.2, 0.25) is 0 Å². The van der Waals surface area contributed by atoms with Gasteiger partial charge >= 0.3 is 0 Å². The highest BCUT2D eigenvalue weighted by Crippen LogP contribution is 2.32. The van der Waals surface area contributed by atoms with Crippen LogP contribution in [0.15, 0.2) is 48.5 Å². The average Bonchev–Trinajstić information content (AvgIpc) is 3.10. The normalized spacial score (nSPS) is 14.8. The number of rotatable bonds is 11. The number of amides is 2. The fraction of sp³-hybridized carbons (Fsp3) is 0.400. The van der Waals surface area contributed by atoms with Crippen LogP contribution in [0.4, 0.5) is 0 Å². The summed E-state index contributed by atoms with van der Waals surface area (Å²) in [5.41, 5.74) is 1.79. The van der Waals surface area contributed by atoms with E-state index in [-0.39, 0.29) is 17.1 Å². The second-order valence-electron chi connectivity index (χ2n) is 7.65. The van der Waals surface area contributed by atoms with E-state index in [1.165, 1.54) is 16.7 Å². The Morgan fingerprint density at radius 3 is 2.06 bits per heavy atom. The number of nitrogens with zero attached hydrogens (tertiary/aromatic N) is 1. The van der Waals surface area contributed by atoms with E-state index in [0.717, 1.165) is 11.3 Å². The summed E-state index contributed by atoms with van der Waals surface area (Å²) in [6.45, 7) is 2.30. The highest BCUT2D eigenvalue weighted by atomic mass is 32.2. The lowest BCUT2D eigenvalue weighted by Gasteiger charge is -2.32. The lowest BCUT2D eigenvalue weighted by Crippen LogP contribution is -2.45. The van der Waals surface area contributed by atoms with Gasteiger partial charge in [0.15, 0.2) is 6.29 Å². The number of imide groups is 1. The molecule has 1 aliphatic heterocycles. The van der Waals surface area contributed by atoms with E-state index in [1.54, 1.807) is 45.6 Å². The van der Waals surface area contributed by atoms with E-state index in [0.29, 0.717) is 35.0 Å². The molecular formula is C25H29NO6S2. The Kier molecular flexibility index (Phi) is 9.46. The van der Waals surface area contributed by atoms with E-state index in [1.807, 2.05) is 31.2 Å². The maximum atomic E-state index is 13.3. The van der Waals surface area contributed by atoms with Gasteiger partial charge in [-0.05, 0) is 61.8 Å². The van der Waals surface area contributed by atoms with E-state index < -0.39 is 12.3 Å². The molecule has 1 aliphatic rings. The van der Waals surface area contributed by atoms with Crippen LogP contribution in [0.3, 0.4) is 0 Å². The maximum absolute atomic E-state index is 13.3. The van der Waals surface area contributed by atoms with Crippen molar-refractivity contribution in [2.75, 3.05) is 27.9 Å². The minimum absolute atomic E-state index is 0.304. The Balaban J connectivity index is 1.95. The van der Waals surface area contributed by atoms with Crippen molar-refractivity contribution in [3.63, 3.8) is 0 Å². The lowest BCUT2D eigenvalue weighted by atomic mass is 9.99. The van der Waals surface area contributed by atoms with Gasteiger partial charge in [0, 0.05) is 20.3 Å². The van der Waals surface area contributed by atoms with Gasteiger partial charge in [0.1, 0.15) is 5.75 Å². The third-order valence-electron chi connectivity index (χ3n) is 5.60. The molecule has 9 heteroatoms. The van der Waals surface area contributed by atoms with Gasteiger partial charge in [0.2, 0.25) is 4.38 Å². The predicted molar refractivity (Wildman–Crippen MR) is 135 cm³/mol. The van der Waals surface area contributed by atoms with Crippen LogP contribution >= 0.6 is 24.0 Å². The first-order valence-corrected chi connectivity index (χ1v) is 12.2. The molecule has 182 valence electrons. The van der Waals surface area contributed by atoms with Crippen LogP contribution in [0.25, 0.3) is 0 Å². The first-order valence-electron chi connectivity index (χ1n) is 10.9. The van der Waals surface area contributed by atoms with Crippen molar-refractivity contribution < 1.29 is 28.5 Å². The highest BCUT2D eigenvalue weighted by Gasteiger charge is 2.41. The highest BCUT2D eigenvalue weighted by molar-refractivity contribution is 8.23. The number of methoxy groups -OCH3 is 3. The zero-order chi connectivity index (χ0) is 24.7. The minimum atomic E-state index is -0.614. The standard InChI is InChI=1S/C25H29NO6S2/c1-5-32-25(33)34-21(24(30-3)31-4)15-17(14-16-10-12-18(29-2)13-11-16)26-22(27)19-8-6-7-9-20(19)23(26)28/h6-13,17,21,24H,5,14-15H2,1-4H3. The predicted octanol–water partition coefficient (Wildman–Crippen LogP) is 4.33. The number of ether oxygens (including phenoxy) is 4. The molecule has 2 aromatic carbocycles. The van der Waals surface area contributed by atoms with E-state index in [4.69, 9.17) is 31.2 Å². The smallest absolute Gasteiger partial charge is 0.261 e. The first kappa shape index (κ1) is 26.2. The number of hydrogen-bond acceptors (Lipinski definition) is 8. The van der Waals surface area contributed by atoms with Gasteiger partial charge in [-0.3, -0.25) is 14.5 Å². The number of fused-ring (bicyclic) bond motifs is 1. The molecule has 1 heterocycles. The number of carbonyl (C=O) groups excluding carboxylic acids is 2. The number of benzene rings is 2. The molecule has 0 saturated heterocycles. The van der Waals surface area contributed by atoms with Crippen LogP contribution in [-0.4, -0.2) is 66.6 Å². The fourth-order valence-corrected chi connectivity index (χ4v) is 5.58. The summed E-state index contributed by atoms with van der Waals surface area (Å²) < 4.78 is 22.2. The van der Waals surface area contributed by atoms with Crippen molar-refractivity contribution in [1.82, 2.24) is 4.90 Å². The molecule has 0 bridgehead atoms. The largest absolute Gasteiger partial charge is 0.497 e. The van der Waals surface area contributed by atoms with Crippen molar-refractivity contribution in [3.8, 4) is 5.75 Å². The van der Waals surface area contributed by atoms with Gasteiger partial charge in [0.05, 0.1) is 30.1 Å². The van der Waals surface area contributed by atoms with Crippen molar-refractivity contribution in [2.24, 2.45) is 0 Å². The summed E-state index contributed by atoms with van der Waals surface area (Å²) in [7, 11) is 4.70. The molecule has 0 saturated carbocycles. The van der Waals surface area contributed by atoms with Gasteiger partial charge in [0.25, 0.3) is 11.8 Å². The third-order valence-corrected chi connectivity index (χ3v) is 7.04. The zero-order valence-corrected chi connectivity index (χ0v) is 21.3. The summed E-state index contributed by atoms with van der Waals surface area (Å²) in [4.78, 5) is 28.0. The molecule has 0 N–H and O–H groups in total. The molecule has 0 spiro atoms. The monoisotopic (exact) mass is 503 g/mol. The summed E-state index contributed by atoms with van der Waals surface area (Å²) in [5.74, 6) is 0.124. The Labute approximate surface area is 209 Å². The van der Waals surface area contributed by atoms with Crippen molar-refractivity contribution in [1.29, 1.82) is 0 Å². The zero-order valence-electron chi connectivity index (χ0n) is 19.7. The lowest BCUT2D eigenvalue weighted by molar-refractivity contribution is -0.104.